The number of carbonyl (C=O) groups excluding carboxylic acids is 3. The van der Waals surface area contributed by atoms with Crippen LogP contribution in [0.2, 0.25) is 0 Å². The van der Waals surface area contributed by atoms with Crippen LogP contribution < -0.4 is 14.8 Å². The highest BCUT2D eigenvalue weighted by atomic mass is 32.2. The first-order valence-corrected chi connectivity index (χ1v) is 10.9. The van der Waals surface area contributed by atoms with E-state index >= 15 is 0 Å². The Morgan fingerprint density at radius 1 is 1.12 bits per heavy atom. The number of nitrogens with zero attached hydrogens (tertiary/aromatic N) is 1. The molecular formula is C24H26N2O5S. The number of carbonyl (C=O) groups is 3. The van der Waals surface area contributed by atoms with Crippen LogP contribution in [0, 0.1) is 6.92 Å². The van der Waals surface area contributed by atoms with Gasteiger partial charge in [-0.1, -0.05) is 13.8 Å². The van der Waals surface area contributed by atoms with Gasteiger partial charge in [0, 0.05) is 5.69 Å². The van der Waals surface area contributed by atoms with Crippen LogP contribution >= 0.6 is 11.8 Å². The van der Waals surface area contributed by atoms with E-state index in [0.29, 0.717) is 11.4 Å². The summed E-state index contributed by atoms with van der Waals surface area (Å²) in [5.41, 5.74) is 3.33. The molecule has 8 heteroatoms. The van der Waals surface area contributed by atoms with Crippen molar-refractivity contribution in [1.29, 1.82) is 0 Å². The van der Waals surface area contributed by atoms with Gasteiger partial charge in [0.05, 0.1) is 19.1 Å². The summed E-state index contributed by atoms with van der Waals surface area (Å²) in [7, 11) is 3.18. The van der Waals surface area contributed by atoms with E-state index in [1.54, 1.807) is 44.6 Å². The zero-order chi connectivity index (χ0) is 23.4. The average molecular weight is 455 g/mol. The van der Waals surface area contributed by atoms with E-state index in [9.17, 15) is 14.4 Å². The van der Waals surface area contributed by atoms with Crippen LogP contribution in [0.3, 0.4) is 0 Å². The van der Waals surface area contributed by atoms with Crippen LogP contribution in [0.15, 0.2) is 41.3 Å². The van der Waals surface area contributed by atoms with Gasteiger partial charge in [0.2, 0.25) is 5.91 Å². The minimum absolute atomic E-state index is 0.231. The summed E-state index contributed by atoms with van der Waals surface area (Å²) in [5.74, 6) is 0.744. The van der Waals surface area contributed by atoms with Crippen molar-refractivity contribution in [2.45, 2.75) is 26.7 Å². The Balaban J connectivity index is 1.76. The lowest BCUT2D eigenvalue weighted by atomic mass is 9.96. The quantitative estimate of drug-likeness (QED) is 0.605. The topological polar surface area (TPSA) is 84.9 Å². The Morgan fingerprint density at radius 2 is 1.81 bits per heavy atom. The van der Waals surface area contributed by atoms with Crippen molar-refractivity contribution in [3.05, 3.63) is 58.0 Å². The van der Waals surface area contributed by atoms with E-state index in [1.165, 1.54) is 0 Å². The fourth-order valence-corrected chi connectivity index (χ4v) is 4.12. The average Bonchev–Trinajstić information content (AvgIpc) is 3.02. The molecule has 3 amide bonds. The predicted octanol–water partition coefficient (Wildman–Crippen LogP) is 4.81. The molecule has 2 aromatic carbocycles. The second kappa shape index (κ2) is 9.91. The van der Waals surface area contributed by atoms with E-state index in [1.807, 2.05) is 19.1 Å². The van der Waals surface area contributed by atoms with Gasteiger partial charge in [0.15, 0.2) is 0 Å². The molecule has 1 aliphatic rings. The van der Waals surface area contributed by atoms with Crippen LogP contribution in [0.4, 0.5) is 10.5 Å². The lowest BCUT2D eigenvalue weighted by Gasteiger charge is -2.15. The van der Waals surface area contributed by atoms with Gasteiger partial charge in [-0.15, -0.1) is 0 Å². The number of ether oxygens (including phenoxy) is 2. The van der Waals surface area contributed by atoms with Gasteiger partial charge in [-0.25, -0.2) is 0 Å². The molecule has 0 bridgehead atoms. The molecule has 0 spiro atoms. The Labute approximate surface area is 191 Å². The van der Waals surface area contributed by atoms with E-state index in [0.717, 1.165) is 39.1 Å². The molecule has 7 nitrogen and oxygen atoms in total. The number of aryl methyl sites for hydroxylation is 1. The second-order valence-corrected chi connectivity index (χ2v) is 8.64. The molecule has 0 atom stereocenters. The van der Waals surface area contributed by atoms with Gasteiger partial charge in [-0.05, 0) is 83.8 Å². The molecule has 0 saturated carbocycles. The molecule has 1 N–H and O–H groups in total. The monoisotopic (exact) mass is 454 g/mol. The molecule has 168 valence electrons. The standard InChI is InChI=1S/C24H26N2O5S/c1-14(2)19-11-16(15(3)10-20(19)31-5)12-21-23(28)26(24(29)32-21)13-22(27)25-17-6-8-18(30-4)9-7-17/h6-12,14H,13H2,1-5H3,(H,25,27)/b21-12+. The molecule has 1 heterocycles. The normalized spacial score (nSPS) is 14.9. The summed E-state index contributed by atoms with van der Waals surface area (Å²) in [4.78, 5) is 38.9. The fourth-order valence-electron chi connectivity index (χ4n) is 3.30. The van der Waals surface area contributed by atoms with Crippen molar-refractivity contribution in [3.63, 3.8) is 0 Å². The summed E-state index contributed by atoms with van der Waals surface area (Å²) in [6.07, 6.45) is 1.70. The molecule has 0 aromatic heterocycles. The minimum atomic E-state index is -0.480. The molecule has 1 aliphatic heterocycles. The number of thioether (sulfide) groups is 1. The summed E-state index contributed by atoms with van der Waals surface area (Å²) in [6.45, 7) is 5.69. The summed E-state index contributed by atoms with van der Waals surface area (Å²) >= 11 is 0.834. The van der Waals surface area contributed by atoms with Gasteiger partial charge in [0.25, 0.3) is 11.1 Å². The van der Waals surface area contributed by atoms with Crippen molar-refractivity contribution in [2.75, 3.05) is 26.1 Å². The third-order valence-corrected chi connectivity index (χ3v) is 5.98. The molecule has 3 rings (SSSR count). The molecule has 1 fully saturated rings. The number of benzene rings is 2. The number of imide groups is 1. The molecule has 0 unspecified atom stereocenters. The maximum atomic E-state index is 12.8. The van der Waals surface area contributed by atoms with Crippen LogP contribution in [0.25, 0.3) is 6.08 Å². The van der Waals surface area contributed by atoms with Crippen LogP contribution in [0.1, 0.15) is 36.5 Å². The first-order chi connectivity index (χ1) is 15.2. The Morgan fingerprint density at radius 3 is 2.41 bits per heavy atom. The SMILES string of the molecule is COc1ccc(NC(=O)CN2C(=O)S/C(=C/c3cc(C(C)C)c(OC)cc3C)C2=O)cc1. The van der Waals surface area contributed by atoms with Crippen molar-refractivity contribution in [2.24, 2.45) is 0 Å². The minimum Gasteiger partial charge on any atom is -0.497 e. The maximum absolute atomic E-state index is 12.8. The molecule has 2 aromatic rings. The summed E-state index contributed by atoms with van der Waals surface area (Å²) < 4.78 is 10.6. The number of hydrogen-bond acceptors (Lipinski definition) is 6. The highest BCUT2D eigenvalue weighted by molar-refractivity contribution is 8.18. The fraction of sp³-hybridized carbons (Fsp3) is 0.292. The molecule has 1 saturated heterocycles. The number of amides is 3. The predicted molar refractivity (Wildman–Crippen MR) is 126 cm³/mol. The van der Waals surface area contributed by atoms with E-state index in [-0.39, 0.29) is 17.4 Å². The van der Waals surface area contributed by atoms with Crippen LogP contribution in [-0.2, 0) is 9.59 Å². The number of anilines is 1. The lowest BCUT2D eigenvalue weighted by Crippen LogP contribution is -2.36. The van der Waals surface area contributed by atoms with Gasteiger partial charge in [-0.2, -0.15) is 0 Å². The molecular weight excluding hydrogens is 428 g/mol. The van der Waals surface area contributed by atoms with E-state index in [2.05, 4.69) is 19.2 Å². The number of nitrogens with one attached hydrogen (secondary N) is 1. The van der Waals surface area contributed by atoms with Gasteiger partial charge in [-0.3, -0.25) is 19.3 Å². The zero-order valence-electron chi connectivity index (χ0n) is 18.7. The largest absolute Gasteiger partial charge is 0.497 e. The highest BCUT2D eigenvalue weighted by Gasteiger charge is 2.36. The van der Waals surface area contributed by atoms with Crippen LogP contribution in [0.5, 0.6) is 11.5 Å². The van der Waals surface area contributed by atoms with E-state index < -0.39 is 17.1 Å². The lowest BCUT2D eigenvalue weighted by molar-refractivity contribution is -0.127. The first-order valence-electron chi connectivity index (χ1n) is 10.1. The first kappa shape index (κ1) is 23.4. The van der Waals surface area contributed by atoms with E-state index in [4.69, 9.17) is 9.47 Å². The highest BCUT2D eigenvalue weighted by Crippen LogP contribution is 2.35. The molecule has 0 aliphatic carbocycles. The van der Waals surface area contributed by atoms with Crippen molar-refractivity contribution < 1.29 is 23.9 Å². The number of methoxy groups -OCH3 is 2. The second-order valence-electron chi connectivity index (χ2n) is 7.65. The molecule has 0 radical (unpaired) electrons. The number of hydrogen-bond donors (Lipinski definition) is 1. The summed E-state index contributed by atoms with van der Waals surface area (Å²) in [6, 6.07) is 10.7. The van der Waals surface area contributed by atoms with Crippen LogP contribution in [-0.4, -0.2) is 42.7 Å². The van der Waals surface area contributed by atoms with Gasteiger partial charge < -0.3 is 14.8 Å². The third kappa shape index (κ3) is 5.13. The Kier molecular flexibility index (Phi) is 7.25. The molecule has 32 heavy (non-hydrogen) atoms. The summed E-state index contributed by atoms with van der Waals surface area (Å²) in [5, 5.41) is 2.21. The van der Waals surface area contributed by atoms with Crippen molar-refractivity contribution in [1.82, 2.24) is 4.90 Å². The Bertz CT molecular complexity index is 1080. The van der Waals surface area contributed by atoms with Crippen molar-refractivity contribution in [3.8, 4) is 11.5 Å². The van der Waals surface area contributed by atoms with Gasteiger partial charge >= 0.3 is 0 Å². The third-order valence-electron chi connectivity index (χ3n) is 5.08. The van der Waals surface area contributed by atoms with Crippen molar-refractivity contribution >= 4 is 40.6 Å². The smallest absolute Gasteiger partial charge is 0.294 e. The maximum Gasteiger partial charge on any atom is 0.294 e. The zero-order valence-corrected chi connectivity index (χ0v) is 19.5. The van der Waals surface area contributed by atoms with Gasteiger partial charge in [0.1, 0.15) is 18.0 Å². The Hall–Kier alpha value is -3.26. The number of rotatable bonds is 7.